The molecule has 0 N–H and O–H groups in total. The highest BCUT2D eigenvalue weighted by Gasteiger charge is 2.37. The van der Waals surface area contributed by atoms with E-state index in [1.807, 2.05) is 43.3 Å². The van der Waals surface area contributed by atoms with E-state index in [1.54, 1.807) is 0 Å². The molecule has 0 amide bonds. The van der Waals surface area contributed by atoms with Crippen LogP contribution in [0.25, 0.3) is 0 Å². The molecule has 20 heavy (non-hydrogen) atoms. The van der Waals surface area contributed by atoms with Crippen molar-refractivity contribution in [2.24, 2.45) is 5.92 Å². The molecule has 1 aromatic carbocycles. The number of allylic oxidation sites excluding steroid dienone is 2. The molecule has 0 bridgehead atoms. The third kappa shape index (κ3) is 3.72. The van der Waals surface area contributed by atoms with Gasteiger partial charge in [0, 0.05) is 5.92 Å². The standard InChI is InChI=1S/C18H22N2/c1-3-4-5-6-8-11-16(2)18(14-19,15-20)17-12-9-7-10-13-17/h7-13,16H,3-6H2,1-2H3/b11-8+. The van der Waals surface area contributed by atoms with Gasteiger partial charge in [-0.05, 0) is 18.4 Å². The van der Waals surface area contributed by atoms with Gasteiger partial charge < -0.3 is 0 Å². The van der Waals surface area contributed by atoms with Crippen LogP contribution in [0.3, 0.4) is 0 Å². The molecule has 0 spiro atoms. The Hall–Kier alpha value is -2.06. The second-order valence-corrected chi connectivity index (χ2v) is 5.11. The number of hydrogen-bond acceptors (Lipinski definition) is 2. The van der Waals surface area contributed by atoms with Crippen molar-refractivity contribution in [3.05, 3.63) is 48.0 Å². The molecule has 1 aromatic rings. The maximum Gasteiger partial charge on any atom is 0.174 e. The van der Waals surface area contributed by atoms with Gasteiger partial charge in [0.2, 0.25) is 0 Å². The quantitative estimate of drug-likeness (QED) is 0.528. The first-order valence-electron chi connectivity index (χ1n) is 7.26. The van der Waals surface area contributed by atoms with Crippen molar-refractivity contribution in [1.82, 2.24) is 0 Å². The molecule has 0 fully saturated rings. The molecule has 0 aliphatic heterocycles. The molecule has 0 aliphatic carbocycles. The molecule has 0 radical (unpaired) electrons. The lowest BCUT2D eigenvalue weighted by molar-refractivity contribution is 0.538. The van der Waals surface area contributed by atoms with Gasteiger partial charge in [-0.15, -0.1) is 0 Å². The minimum atomic E-state index is -1.09. The van der Waals surface area contributed by atoms with E-state index in [0.29, 0.717) is 0 Å². The molecule has 0 aromatic heterocycles. The summed E-state index contributed by atoms with van der Waals surface area (Å²) in [6.45, 7) is 4.12. The molecule has 0 saturated carbocycles. The summed E-state index contributed by atoms with van der Waals surface area (Å²) in [4.78, 5) is 0. The zero-order valence-corrected chi connectivity index (χ0v) is 12.3. The van der Waals surface area contributed by atoms with Crippen molar-refractivity contribution >= 4 is 0 Å². The molecular weight excluding hydrogens is 244 g/mol. The van der Waals surface area contributed by atoms with E-state index < -0.39 is 5.41 Å². The molecule has 104 valence electrons. The molecule has 1 rings (SSSR count). The summed E-state index contributed by atoms with van der Waals surface area (Å²) in [6.07, 6.45) is 8.71. The van der Waals surface area contributed by atoms with E-state index in [0.717, 1.165) is 18.4 Å². The highest BCUT2D eigenvalue weighted by molar-refractivity contribution is 5.42. The first-order valence-corrected chi connectivity index (χ1v) is 7.26. The van der Waals surface area contributed by atoms with Crippen molar-refractivity contribution < 1.29 is 0 Å². The monoisotopic (exact) mass is 266 g/mol. The number of rotatable bonds is 7. The average Bonchev–Trinajstić information content (AvgIpc) is 2.50. The van der Waals surface area contributed by atoms with Crippen molar-refractivity contribution in [3.8, 4) is 12.1 Å². The average molecular weight is 266 g/mol. The Labute approximate surface area is 122 Å². The van der Waals surface area contributed by atoms with E-state index in [2.05, 4.69) is 25.1 Å². The van der Waals surface area contributed by atoms with Crippen molar-refractivity contribution in [2.75, 3.05) is 0 Å². The smallest absolute Gasteiger partial charge is 0.174 e. The van der Waals surface area contributed by atoms with Crippen LogP contribution in [-0.2, 0) is 5.41 Å². The van der Waals surface area contributed by atoms with Crippen LogP contribution < -0.4 is 0 Å². The van der Waals surface area contributed by atoms with Gasteiger partial charge >= 0.3 is 0 Å². The van der Waals surface area contributed by atoms with E-state index in [1.165, 1.54) is 12.8 Å². The van der Waals surface area contributed by atoms with E-state index >= 15 is 0 Å². The summed E-state index contributed by atoms with van der Waals surface area (Å²) >= 11 is 0. The number of nitriles is 2. The minimum Gasteiger partial charge on any atom is -0.196 e. The number of benzene rings is 1. The molecule has 1 unspecified atom stereocenters. The predicted octanol–water partition coefficient (Wildman–Crippen LogP) is 4.74. The van der Waals surface area contributed by atoms with Crippen LogP contribution in [0, 0.1) is 28.6 Å². The van der Waals surface area contributed by atoms with Crippen LogP contribution in [0.4, 0.5) is 0 Å². The summed E-state index contributed by atoms with van der Waals surface area (Å²) in [7, 11) is 0. The van der Waals surface area contributed by atoms with Gasteiger partial charge in [-0.1, -0.05) is 69.2 Å². The van der Waals surface area contributed by atoms with Crippen LogP contribution in [0.1, 0.15) is 45.1 Å². The van der Waals surface area contributed by atoms with Crippen LogP contribution in [-0.4, -0.2) is 0 Å². The fourth-order valence-corrected chi connectivity index (χ4v) is 2.28. The third-order valence-electron chi connectivity index (χ3n) is 3.66. The van der Waals surface area contributed by atoms with Crippen LogP contribution >= 0.6 is 0 Å². The molecular formula is C18H22N2. The summed E-state index contributed by atoms with van der Waals surface area (Å²) in [5.74, 6) is -0.124. The van der Waals surface area contributed by atoms with Crippen LogP contribution in [0.15, 0.2) is 42.5 Å². The maximum atomic E-state index is 9.53. The first kappa shape index (κ1) is 16.0. The lowest BCUT2D eigenvalue weighted by Crippen LogP contribution is -2.29. The van der Waals surface area contributed by atoms with Crippen molar-refractivity contribution in [2.45, 2.75) is 44.9 Å². The van der Waals surface area contributed by atoms with Crippen molar-refractivity contribution in [3.63, 3.8) is 0 Å². The van der Waals surface area contributed by atoms with Gasteiger partial charge in [0.15, 0.2) is 5.41 Å². The van der Waals surface area contributed by atoms with Gasteiger partial charge in [0.05, 0.1) is 12.1 Å². The predicted molar refractivity (Wildman–Crippen MR) is 81.8 cm³/mol. The maximum absolute atomic E-state index is 9.53. The Morgan fingerprint density at radius 2 is 1.80 bits per heavy atom. The second-order valence-electron chi connectivity index (χ2n) is 5.11. The fraction of sp³-hybridized carbons (Fsp3) is 0.444. The Bertz CT molecular complexity index is 488. The van der Waals surface area contributed by atoms with E-state index in [-0.39, 0.29) is 5.92 Å². The zero-order valence-electron chi connectivity index (χ0n) is 12.3. The largest absolute Gasteiger partial charge is 0.196 e. The molecule has 0 aliphatic rings. The Kier molecular flexibility index (Phi) is 6.54. The zero-order chi connectivity index (χ0) is 14.8. The van der Waals surface area contributed by atoms with Gasteiger partial charge in [-0.3, -0.25) is 0 Å². The number of unbranched alkanes of at least 4 members (excludes halogenated alkanes) is 3. The summed E-state index contributed by atoms with van der Waals surface area (Å²) in [5, 5.41) is 19.1. The lowest BCUT2D eigenvalue weighted by Gasteiger charge is -2.24. The Balaban J connectivity index is 2.87. The van der Waals surface area contributed by atoms with Gasteiger partial charge in [-0.2, -0.15) is 10.5 Å². The molecule has 2 heteroatoms. The van der Waals surface area contributed by atoms with Crippen molar-refractivity contribution in [1.29, 1.82) is 10.5 Å². The van der Waals surface area contributed by atoms with Gasteiger partial charge in [0.1, 0.15) is 0 Å². The number of nitrogens with zero attached hydrogens (tertiary/aromatic N) is 2. The third-order valence-corrected chi connectivity index (χ3v) is 3.66. The summed E-state index contributed by atoms with van der Waals surface area (Å²) < 4.78 is 0. The summed E-state index contributed by atoms with van der Waals surface area (Å²) in [6, 6.07) is 13.8. The van der Waals surface area contributed by atoms with Gasteiger partial charge in [-0.25, -0.2) is 0 Å². The topological polar surface area (TPSA) is 47.6 Å². The van der Waals surface area contributed by atoms with E-state index in [9.17, 15) is 10.5 Å². The van der Waals surface area contributed by atoms with Crippen LogP contribution in [0.2, 0.25) is 0 Å². The highest BCUT2D eigenvalue weighted by Crippen LogP contribution is 2.32. The molecule has 0 heterocycles. The van der Waals surface area contributed by atoms with Crippen LogP contribution in [0.5, 0.6) is 0 Å². The Morgan fingerprint density at radius 3 is 2.35 bits per heavy atom. The molecule has 2 nitrogen and oxygen atoms in total. The minimum absolute atomic E-state index is 0.124. The molecule has 1 atom stereocenters. The fourth-order valence-electron chi connectivity index (χ4n) is 2.28. The number of hydrogen-bond donors (Lipinski definition) is 0. The lowest BCUT2D eigenvalue weighted by atomic mass is 9.73. The van der Waals surface area contributed by atoms with E-state index in [4.69, 9.17) is 0 Å². The second kappa shape index (κ2) is 8.18. The first-order chi connectivity index (χ1) is 9.71. The normalized spacial score (nSPS) is 12.8. The molecule has 0 saturated heterocycles. The summed E-state index contributed by atoms with van der Waals surface area (Å²) in [5.41, 5.74) is -0.321. The SMILES string of the molecule is CCCCC/C=C/C(C)C(C#N)(C#N)c1ccccc1. The van der Waals surface area contributed by atoms with Gasteiger partial charge in [0.25, 0.3) is 0 Å². The highest BCUT2D eigenvalue weighted by atomic mass is 14.4. The Morgan fingerprint density at radius 1 is 1.15 bits per heavy atom.